The van der Waals surface area contributed by atoms with Crippen molar-refractivity contribution < 1.29 is 4.42 Å². The summed E-state index contributed by atoms with van der Waals surface area (Å²) in [6.45, 7) is 16.9. The van der Waals surface area contributed by atoms with Crippen LogP contribution in [0, 0.1) is 35.5 Å². The highest BCUT2D eigenvalue weighted by Crippen LogP contribution is 2.64. The Labute approximate surface area is 474 Å². The van der Waals surface area contributed by atoms with Crippen LogP contribution in [0.25, 0.3) is 66.2 Å². The number of furan rings is 1. The molecule has 0 unspecified atom stereocenters. The maximum absolute atomic E-state index is 7.87. The predicted octanol–water partition coefficient (Wildman–Crippen LogP) is 18.9. The molecule has 9 aliphatic carbocycles. The molecule has 0 spiro atoms. The second kappa shape index (κ2) is 15.8. The number of fused-ring (bicyclic) bond motifs is 10. The molecule has 4 heteroatoms. The van der Waals surface area contributed by atoms with Crippen LogP contribution in [0.3, 0.4) is 0 Å². The zero-order valence-corrected chi connectivity index (χ0v) is 48.4. The van der Waals surface area contributed by atoms with Crippen LogP contribution in [0.5, 0.6) is 0 Å². The molecule has 8 saturated carbocycles. The molecule has 400 valence electrons. The third kappa shape index (κ3) is 6.52. The number of hydrogen-bond acceptors (Lipinski definition) is 2. The van der Waals surface area contributed by atoms with E-state index in [1.165, 1.54) is 171 Å². The summed E-state index contributed by atoms with van der Waals surface area (Å²) >= 11 is 0. The molecular weight excluding hydrogens is 968 g/mol. The van der Waals surface area contributed by atoms with Gasteiger partial charge >= 0.3 is 6.85 Å². The van der Waals surface area contributed by atoms with Gasteiger partial charge < -0.3 is 8.90 Å². The smallest absolute Gasteiger partial charge is 0.337 e. The topological polar surface area (TPSA) is 21.3 Å². The zero-order valence-electron chi connectivity index (χ0n) is 48.4. The van der Waals surface area contributed by atoms with E-state index in [2.05, 4.69) is 191 Å². The Hall–Kier alpha value is -6.26. The predicted molar refractivity (Wildman–Crippen MR) is 334 cm³/mol. The summed E-state index contributed by atoms with van der Waals surface area (Å²) in [5, 5.41) is 4.25. The van der Waals surface area contributed by atoms with Crippen molar-refractivity contribution in [2.75, 3.05) is 4.90 Å². The van der Waals surface area contributed by atoms with Gasteiger partial charge in [0, 0.05) is 49.5 Å². The van der Waals surface area contributed by atoms with Gasteiger partial charge in [0.25, 0.3) is 0 Å². The third-order valence-corrected chi connectivity index (χ3v) is 23.9. The van der Waals surface area contributed by atoms with Crippen molar-refractivity contribution >= 4 is 67.8 Å². The highest BCUT2D eigenvalue weighted by molar-refractivity contribution is 6.91. The monoisotopic (exact) mass is 1040 g/mol. The fourth-order valence-corrected chi connectivity index (χ4v) is 20.7. The molecule has 2 aromatic heterocycles. The Balaban J connectivity index is 0.988. The van der Waals surface area contributed by atoms with Crippen LogP contribution >= 0.6 is 0 Å². The van der Waals surface area contributed by atoms with Crippen molar-refractivity contribution in [1.82, 2.24) is 4.48 Å². The van der Waals surface area contributed by atoms with Gasteiger partial charge in [-0.3, -0.25) is 4.90 Å². The Morgan fingerprint density at radius 2 is 1.05 bits per heavy atom. The molecule has 80 heavy (non-hydrogen) atoms. The summed E-state index contributed by atoms with van der Waals surface area (Å²) in [5.41, 5.74) is 24.8. The molecule has 0 saturated heterocycles. The van der Waals surface area contributed by atoms with E-state index in [4.69, 9.17) is 4.42 Å². The first-order chi connectivity index (χ1) is 38.6. The van der Waals surface area contributed by atoms with Crippen molar-refractivity contribution in [1.29, 1.82) is 0 Å². The molecule has 0 N–H and O–H groups in total. The second-order valence-corrected chi connectivity index (χ2v) is 30.8. The normalized spacial score (nSPS) is 28.7. The third-order valence-electron chi connectivity index (χ3n) is 23.9. The van der Waals surface area contributed by atoms with Gasteiger partial charge in [0.05, 0.1) is 5.69 Å². The van der Waals surface area contributed by atoms with E-state index in [0.29, 0.717) is 5.41 Å². The van der Waals surface area contributed by atoms with Gasteiger partial charge in [-0.05, 0) is 269 Å². The highest BCUT2D eigenvalue weighted by atomic mass is 16.4. The van der Waals surface area contributed by atoms with Crippen molar-refractivity contribution in [2.45, 2.75) is 165 Å². The van der Waals surface area contributed by atoms with E-state index in [1.54, 1.807) is 11.1 Å². The van der Waals surface area contributed by atoms with Crippen LogP contribution in [0.1, 0.15) is 166 Å². The molecule has 4 heterocycles. The van der Waals surface area contributed by atoms with Gasteiger partial charge in [-0.25, -0.2) is 0 Å². The molecule has 11 aliphatic rings. The Kier molecular flexibility index (Phi) is 9.38. The fraction of sp³-hybridized carbons (Fsp3) is 0.421. The molecule has 20 rings (SSSR count). The lowest BCUT2D eigenvalue weighted by Crippen LogP contribution is -2.56. The Morgan fingerprint density at radius 1 is 0.475 bits per heavy atom. The number of nitrogens with zero attached hydrogens (tertiary/aromatic N) is 2. The van der Waals surface area contributed by atoms with Crippen molar-refractivity contribution in [3.8, 4) is 33.4 Å². The lowest BCUT2D eigenvalue weighted by molar-refractivity contribution is -0.00527. The highest BCUT2D eigenvalue weighted by Gasteiger charge is 2.55. The van der Waals surface area contributed by atoms with E-state index in [0.717, 1.165) is 65.5 Å². The van der Waals surface area contributed by atoms with E-state index >= 15 is 0 Å². The number of anilines is 3. The van der Waals surface area contributed by atoms with Gasteiger partial charge in [0.2, 0.25) is 5.88 Å². The van der Waals surface area contributed by atoms with Crippen LogP contribution in [0.4, 0.5) is 17.3 Å². The molecule has 0 amide bonds. The Morgan fingerprint density at radius 3 is 1.66 bits per heavy atom. The van der Waals surface area contributed by atoms with Crippen LogP contribution in [0.2, 0.25) is 0 Å². The van der Waals surface area contributed by atoms with Gasteiger partial charge in [0.15, 0.2) is 0 Å². The minimum Gasteiger partial charge on any atom is -0.440 e. The average molecular weight is 1050 g/mol. The van der Waals surface area contributed by atoms with E-state index in [9.17, 15) is 0 Å². The van der Waals surface area contributed by atoms with Crippen LogP contribution in [-0.4, -0.2) is 11.3 Å². The number of benzene rings is 7. The van der Waals surface area contributed by atoms with E-state index in [1.807, 2.05) is 0 Å². The van der Waals surface area contributed by atoms with Gasteiger partial charge in [-0.15, -0.1) is 0 Å². The minimum atomic E-state index is -0.118. The lowest BCUT2D eigenvalue weighted by Gasteiger charge is -2.57. The summed E-state index contributed by atoms with van der Waals surface area (Å²) in [6.07, 6.45) is 19.3. The molecule has 8 bridgehead atoms. The fourth-order valence-electron chi connectivity index (χ4n) is 20.7. The van der Waals surface area contributed by atoms with Crippen molar-refractivity contribution in [2.24, 2.45) is 35.5 Å². The second-order valence-electron chi connectivity index (χ2n) is 30.8. The molecule has 0 radical (unpaired) electrons. The summed E-state index contributed by atoms with van der Waals surface area (Å²) < 4.78 is 10.8. The molecule has 9 aromatic rings. The average Bonchev–Trinajstić information content (AvgIpc) is 3.33. The summed E-state index contributed by atoms with van der Waals surface area (Å²) in [6, 6.07) is 53.9. The number of aromatic nitrogens is 1. The van der Waals surface area contributed by atoms with Crippen LogP contribution < -0.4 is 15.8 Å². The number of rotatable bonds is 5. The van der Waals surface area contributed by atoms with Crippen LogP contribution in [-0.2, 0) is 27.1 Å². The molecule has 7 aromatic carbocycles. The SMILES string of the molecule is CC(C)(C)c1ccc(N2c3cc(-c4ccccc4)cc4c3B(c3c2oc2cc5c(cc32)C(C)(C)CCC5(C)C)n2c3ccc(C56CC7CC(CC(C7)C5)C6)cc3c3cc(C56CC7CC(CC(C7)C5)C6)cc-4c32)c(-c2ccccc2)c1. The molecule has 3 nitrogen and oxygen atoms in total. The van der Waals surface area contributed by atoms with Gasteiger partial charge in [0.1, 0.15) is 5.58 Å². The minimum absolute atomic E-state index is 0.0301. The first kappa shape index (κ1) is 47.4. The van der Waals surface area contributed by atoms with Crippen LogP contribution in [0.15, 0.2) is 138 Å². The molecular formula is C76H77BN2O. The first-order valence-electron chi connectivity index (χ1n) is 31.6. The molecule has 8 fully saturated rings. The number of hydrogen-bond donors (Lipinski definition) is 0. The van der Waals surface area contributed by atoms with E-state index < -0.39 is 0 Å². The van der Waals surface area contributed by atoms with Crippen molar-refractivity contribution in [3.05, 3.63) is 161 Å². The largest absolute Gasteiger partial charge is 0.440 e. The van der Waals surface area contributed by atoms with Crippen molar-refractivity contribution in [3.63, 3.8) is 0 Å². The molecule has 2 aliphatic heterocycles. The van der Waals surface area contributed by atoms with Gasteiger partial charge in [-0.2, -0.15) is 0 Å². The quantitative estimate of drug-likeness (QED) is 0.160. The maximum Gasteiger partial charge on any atom is 0.337 e. The Bertz CT molecular complexity index is 4070. The lowest BCUT2D eigenvalue weighted by atomic mass is 9.44. The maximum atomic E-state index is 7.87. The van der Waals surface area contributed by atoms with Gasteiger partial charge in [-0.1, -0.05) is 121 Å². The summed E-state index contributed by atoms with van der Waals surface area (Å²) in [5.74, 6) is 6.24. The summed E-state index contributed by atoms with van der Waals surface area (Å²) in [4.78, 5) is 2.61. The standard InChI is InChI=1S/C76H77BN2O/c1-72(2,3)53-18-20-64(56(32-53)51-16-12-9-13-17-51)78-66-31-52(50-14-10-8-11-15-50)30-58-60-35-55(76-41-47-27-48(42-76)29-49(28-47)43-76)34-59-57-33-54(75-38-44-24-45(39-75)26-46(25-44)40-75)19-21-65(57)79(70(59)60)77(68(58)66)69-61-36-62-63(37-67(61)80-71(69)78)74(6,7)23-22-73(62,4)5/h8-21,30-37,44-49H,22-29,38-43H2,1-7H3. The van der Waals surface area contributed by atoms with E-state index in [-0.39, 0.29) is 28.5 Å². The first-order valence-corrected chi connectivity index (χ1v) is 31.6. The molecule has 0 atom stereocenters. The summed E-state index contributed by atoms with van der Waals surface area (Å²) in [7, 11) is 0. The zero-order chi connectivity index (χ0) is 53.6.